The Morgan fingerprint density at radius 3 is 2.95 bits per heavy atom. The highest BCUT2D eigenvalue weighted by atomic mass is 79.9. The first-order valence-electron chi connectivity index (χ1n) is 5.83. The first-order valence-corrected chi connectivity index (χ1v) is 7.44. The molecule has 1 N–H and O–H groups in total. The fraction of sp³-hybridized carbons (Fsp3) is 0.455. The molecule has 2 heterocycles. The maximum Gasteiger partial charge on any atom is 0.303 e. The third kappa shape index (κ3) is 3.60. The third-order valence-electron chi connectivity index (χ3n) is 2.80. The number of carbonyl (C=O) groups is 1. The van der Waals surface area contributed by atoms with Gasteiger partial charge in [0, 0.05) is 13.0 Å². The molecule has 102 valence electrons. The molecule has 0 saturated heterocycles. The van der Waals surface area contributed by atoms with E-state index in [1.54, 1.807) is 16.0 Å². The number of aliphatic carboxylic acids is 1. The Morgan fingerprint density at radius 1 is 1.58 bits per heavy atom. The highest BCUT2D eigenvalue weighted by Crippen LogP contribution is 2.30. The molecular formula is C11H13BrN4O2S. The average molecular weight is 345 g/mol. The van der Waals surface area contributed by atoms with E-state index in [9.17, 15) is 4.79 Å². The van der Waals surface area contributed by atoms with Gasteiger partial charge in [0.25, 0.3) is 0 Å². The Hall–Kier alpha value is -1.28. The highest BCUT2D eigenvalue weighted by molar-refractivity contribution is 9.11. The van der Waals surface area contributed by atoms with Crippen molar-refractivity contribution >= 4 is 33.2 Å². The standard InChI is InChI=1S/C11H13BrN4O2S/c1-2-7(5-10(17)18)6-16-11(13-14-15-16)8-3-4-9(12)19-8/h3-4,7H,2,5-6H2,1H3,(H,17,18). The fourth-order valence-electron chi connectivity index (χ4n) is 1.77. The summed E-state index contributed by atoms with van der Waals surface area (Å²) in [6.45, 7) is 2.49. The van der Waals surface area contributed by atoms with Crippen LogP contribution < -0.4 is 0 Å². The molecule has 0 aliphatic rings. The van der Waals surface area contributed by atoms with Crippen LogP contribution in [0.2, 0.25) is 0 Å². The van der Waals surface area contributed by atoms with Gasteiger partial charge in [-0.05, 0) is 44.4 Å². The van der Waals surface area contributed by atoms with Crippen LogP contribution in [0.4, 0.5) is 0 Å². The molecule has 19 heavy (non-hydrogen) atoms. The highest BCUT2D eigenvalue weighted by Gasteiger charge is 2.17. The van der Waals surface area contributed by atoms with Crippen LogP contribution in [0.5, 0.6) is 0 Å². The molecule has 0 aliphatic carbocycles. The predicted molar refractivity (Wildman–Crippen MR) is 74.9 cm³/mol. The van der Waals surface area contributed by atoms with Gasteiger partial charge in [-0.2, -0.15) is 0 Å². The zero-order valence-corrected chi connectivity index (χ0v) is 12.7. The first-order chi connectivity index (χ1) is 9.10. The zero-order valence-electron chi connectivity index (χ0n) is 10.3. The molecule has 0 radical (unpaired) electrons. The molecule has 2 aromatic rings. The Balaban J connectivity index is 2.17. The van der Waals surface area contributed by atoms with Crippen molar-refractivity contribution in [1.29, 1.82) is 0 Å². The minimum atomic E-state index is -0.791. The molecule has 0 spiro atoms. The van der Waals surface area contributed by atoms with E-state index in [-0.39, 0.29) is 12.3 Å². The molecule has 6 nitrogen and oxygen atoms in total. The van der Waals surface area contributed by atoms with Gasteiger partial charge < -0.3 is 5.11 Å². The van der Waals surface area contributed by atoms with E-state index in [2.05, 4.69) is 31.5 Å². The number of hydrogen-bond donors (Lipinski definition) is 1. The van der Waals surface area contributed by atoms with Crippen LogP contribution in [-0.2, 0) is 11.3 Å². The Bertz CT molecular complexity index is 569. The van der Waals surface area contributed by atoms with Gasteiger partial charge in [-0.1, -0.05) is 13.3 Å². The van der Waals surface area contributed by atoms with Gasteiger partial charge in [0.15, 0.2) is 5.82 Å². The SMILES string of the molecule is CCC(CC(=O)O)Cn1nnnc1-c1ccc(Br)s1. The fourth-order valence-corrected chi connectivity index (χ4v) is 3.14. The lowest BCUT2D eigenvalue weighted by Gasteiger charge is -2.12. The number of nitrogens with zero attached hydrogens (tertiary/aromatic N) is 4. The summed E-state index contributed by atoms with van der Waals surface area (Å²) in [5.74, 6) is -0.0805. The van der Waals surface area contributed by atoms with Gasteiger partial charge in [-0.3, -0.25) is 4.79 Å². The third-order valence-corrected chi connectivity index (χ3v) is 4.42. The number of halogens is 1. The molecular weight excluding hydrogens is 332 g/mol. The van der Waals surface area contributed by atoms with Crippen LogP contribution in [0.15, 0.2) is 15.9 Å². The second-order valence-electron chi connectivity index (χ2n) is 4.16. The number of carboxylic acid groups (broad SMARTS) is 1. The normalized spacial score (nSPS) is 12.5. The summed E-state index contributed by atoms with van der Waals surface area (Å²) in [6, 6.07) is 3.88. The molecule has 1 unspecified atom stereocenters. The zero-order chi connectivity index (χ0) is 13.8. The van der Waals surface area contributed by atoms with Crippen molar-refractivity contribution in [1.82, 2.24) is 20.2 Å². The quantitative estimate of drug-likeness (QED) is 0.871. The van der Waals surface area contributed by atoms with Gasteiger partial charge in [-0.15, -0.1) is 16.4 Å². The van der Waals surface area contributed by atoms with E-state index in [4.69, 9.17) is 5.11 Å². The summed E-state index contributed by atoms with van der Waals surface area (Å²) >= 11 is 4.95. The molecule has 2 aromatic heterocycles. The summed E-state index contributed by atoms with van der Waals surface area (Å²) in [5.41, 5.74) is 0. The minimum absolute atomic E-state index is 0.0307. The van der Waals surface area contributed by atoms with E-state index < -0.39 is 5.97 Å². The molecule has 1 atom stereocenters. The summed E-state index contributed by atoms with van der Waals surface area (Å²) in [7, 11) is 0. The second-order valence-corrected chi connectivity index (χ2v) is 6.62. The van der Waals surface area contributed by atoms with E-state index in [1.165, 1.54) is 0 Å². The second kappa shape index (κ2) is 6.25. The number of hydrogen-bond acceptors (Lipinski definition) is 5. The van der Waals surface area contributed by atoms with Crippen molar-refractivity contribution < 1.29 is 9.90 Å². The summed E-state index contributed by atoms with van der Waals surface area (Å²) < 4.78 is 2.68. The van der Waals surface area contributed by atoms with Crippen molar-refractivity contribution in [3.05, 3.63) is 15.9 Å². The average Bonchev–Trinajstić information content (AvgIpc) is 2.96. The van der Waals surface area contributed by atoms with Crippen molar-refractivity contribution in [2.45, 2.75) is 26.3 Å². The van der Waals surface area contributed by atoms with Crippen LogP contribution in [0, 0.1) is 5.92 Å². The largest absolute Gasteiger partial charge is 0.481 e. The molecule has 2 rings (SSSR count). The van der Waals surface area contributed by atoms with Gasteiger partial charge in [0.1, 0.15) is 0 Å². The Morgan fingerprint density at radius 2 is 2.37 bits per heavy atom. The monoisotopic (exact) mass is 344 g/mol. The molecule has 0 saturated carbocycles. The molecule has 0 fully saturated rings. The molecule has 8 heteroatoms. The Kier molecular flexibility index (Phi) is 4.65. The van der Waals surface area contributed by atoms with Crippen LogP contribution in [0.3, 0.4) is 0 Å². The van der Waals surface area contributed by atoms with E-state index in [1.807, 2.05) is 19.1 Å². The number of thiophene rings is 1. The number of rotatable bonds is 6. The van der Waals surface area contributed by atoms with E-state index in [0.29, 0.717) is 12.4 Å². The maximum absolute atomic E-state index is 10.8. The molecule has 0 aromatic carbocycles. The van der Waals surface area contributed by atoms with Gasteiger partial charge in [0.05, 0.1) is 8.66 Å². The molecule has 0 bridgehead atoms. The number of tetrazole rings is 1. The lowest BCUT2D eigenvalue weighted by atomic mass is 10.0. The van der Waals surface area contributed by atoms with Crippen molar-refractivity contribution in [2.75, 3.05) is 0 Å². The van der Waals surface area contributed by atoms with E-state index >= 15 is 0 Å². The van der Waals surface area contributed by atoms with Crippen LogP contribution in [0.1, 0.15) is 19.8 Å². The predicted octanol–water partition coefficient (Wildman–Crippen LogP) is 2.67. The summed E-state index contributed by atoms with van der Waals surface area (Å²) in [5, 5.41) is 20.5. The first kappa shape index (κ1) is 14.1. The van der Waals surface area contributed by atoms with Crippen molar-refractivity contribution in [3.63, 3.8) is 0 Å². The Labute approximate surface area is 122 Å². The lowest BCUT2D eigenvalue weighted by Crippen LogP contribution is -2.16. The number of carboxylic acids is 1. The number of aromatic nitrogens is 4. The van der Waals surface area contributed by atoms with Crippen LogP contribution in [-0.4, -0.2) is 31.3 Å². The van der Waals surface area contributed by atoms with Crippen LogP contribution in [0.25, 0.3) is 10.7 Å². The smallest absolute Gasteiger partial charge is 0.303 e. The van der Waals surface area contributed by atoms with E-state index in [0.717, 1.165) is 15.1 Å². The topological polar surface area (TPSA) is 80.9 Å². The molecule has 0 aliphatic heterocycles. The minimum Gasteiger partial charge on any atom is -0.481 e. The maximum atomic E-state index is 10.8. The van der Waals surface area contributed by atoms with Crippen molar-refractivity contribution in [2.24, 2.45) is 5.92 Å². The lowest BCUT2D eigenvalue weighted by molar-refractivity contribution is -0.138. The van der Waals surface area contributed by atoms with Gasteiger partial charge in [0.2, 0.25) is 0 Å². The van der Waals surface area contributed by atoms with Gasteiger partial charge in [-0.25, -0.2) is 4.68 Å². The van der Waals surface area contributed by atoms with Crippen molar-refractivity contribution in [3.8, 4) is 10.7 Å². The summed E-state index contributed by atoms with van der Waals surface area (Å²) in [6.07, 6.45) is 0.906. The summed E-state index contributed by atoms with van der Waals surface area (Å²) in [4.78, 5) is 11.8. The van der Waals surface area contributed by atoms with Crippen LogP contribution >= 0.6 is 27.3 Å². The van der Waals surface area contributed by atoms with Gasteiger partial charge >= 0.3 is 5.97 Å². The molecule has 0 amide bonds.